The van der Waals surface area contributed by atoms with Gasteiger partial charge in [-0.05, 0) is 51.3 Å². The first-order valence-corrected chi connectivity index (χ1v) is 7.86. The number of aromatic nitrogens is 1. The van der Waals surface area contributed by atoms with Crippen molar-refractivity contribution in [1.29, 1.82) is 0 Å². The van der Waals surface area contributed by atoms with Gasteiger partial charge in [-0.25, -0.2) is 4.98 Å². The van der Waals surface area contributed by atoms with Crippen LogP contribution in [0.1, 0.15) is 44.2 Å². The molecule has 20 heavy (non-hydrogen) atoms. The Hall–Kier alpha value is -1.13. The third-order valence-electron chi connectivity index (χ3n) is 5.24. The molecule has 2 aliphatic rings. The molecule has 3 N–H and O–H groups in total. The molecule has 0 aromatic carbocycles. The zero-order chi connectivity index (χ0) is 14.1. The van der Waals surface area contributed by atoms with Crippen LogP contribution in [0.2, 0.25) is 0 Å². The summed E-state index contributed by atoms with van der Waals surface area (Å²) in [7, 11) is 2.29. The van der Waals surface area contributed by atoms with Crippen molar-refractivity contribution < 1.29 is 0 Å². The largest absolute Gasteiger partial charge is 0.383 e. The van der Waals surface area contributed by atoms with Crippen LogP contribution in [-0.4, -0.2) is 35.6 Å². The summed E-state index contributed by atoms with van der Waals surface area (Å²) < 4.78 is 0. The molecule has 0 radical (unpaired) electrons. The lowest BCUT2D eigenvalue weighted by molar-refractivity contribution is 0.113. The number of nitrogens with zero attached hydrogens (tertiary/aromatic N) is 2. The molecule has 3 heterocycles. The normalized spacial score (nSPS) is 31.4. The van der Waals surface area contributed by atoms with E-state index in [0.717, 1.165) is 18.6 Å². The average Bonchev–Trinajstić information content (AvgIpc) is 2.67. The van der Waals surface area contributed by atoms with Crippen LogP contribution >= 0.6 is 0 Å². The lowest BCUT2D eigenvalue weighted by Crippen LogP contribution is -2.44. The van der Waals surface area contributed by atoms with E-state index in [0.29, 0.717) is 17.8 Å². The second-order valence-corrected chi connectivity index (χ2v) is 6.30. The molecule has 3 rings (SSSR count). The quantitative estimate of drug-likeness (QED) is 0.883. The molecular formula is C16H26N4. The average molecular weight is 274 g/mol. The Morgan fingerprint density at radius 1 is 1.40 bits per heavy atom. The van der Waals surface area contributed by atoms with Crippen molar-refractivity contribution in [3.05, 3.63) is 23.9 Å². The number of rotatable bonds is 4. The third-order valence-corrected chi connectivity index (χ3v) is 5.24. The number of piperidine rings is 1. The smallest absolute Gasteiger partial charge is 0.128 e. The lowest BCUT2D eigenvalue weighted by Gasteiger charge is -2.40. The van der Waals surface area contributed by atoms with Crippen LogP contribution in [0.25, 0.3) is 0 Å². The molecule has 2 bridgehead atoms. The molecule has 1 aromatic heterocycles. The van der Waals surface area contributed by atoms with Gasteiger partial charge in [-0.15, -0.1) is 0 Å². The fraction of sp³-hybridized carbons (Fsp3) is 0.688. The molecule has 0 saturated carbocycles. The highest BCUT2D eigenvalue weighted by molar-refractivity contribution is 5.41. The highest BCUT2D eigenvalue weighted by atomic mass is 15.2. The van der Waals surface area contributed by atoms with Crippen molar-refractivity contribution in [3.8, 4) is 0 Å². The SMILES string of the molecule is CCNC(c1cccnc1N)C1CC2CCC(C1)N2C. The predicted molar refractivity (Wildman–Crippen MR) is 82.4 cm³/mol. The van der Waals surface area contributed by atoms with Crippen LogP contribution in [0, 0.1) is 5.92 Å². The van der Waals surface area contributed by atoms with Crippen LogP contribution in [0.5, 0.6) is 0 Å². The van der Waals surface area contributed by atoms with Gasteiger partial charge in [0.25, 0.3) is 0 Å². The van der Waals surface area contributed by atoms with E-state index in [4.69, 9.17) is 5.73 Å². The van der Waals surface area contributed by atoms with Crippen LogP contribution in [0.3, 0.4) is 0 Å². The molecule has 2 aliphatic heterocycles. The van der Waals surface area contributed by atoms with E-state index >= 15 is 0 Å². The summed E-state index contributed by atoms with van der Waals surface area (Å²) in [6.07, 6.45) is 7.05. The van der Waals surface area contributed by atoms with Crippen molar-refractivity contribution in [2.75, 3.05) is 19.3 Å². The summed E-state index contributed by atoms with van der Waals surface area (Å²) in [6.45, 7) is 3.14. The monoisotopic (exact) mass is 274 g/mol. The van der Waals surface area contributed by atoms with E-state index < -0.39 is 0 Å². The van der Waals surface area contributed by atoms with Crippen LogP contribution in [-0.2, 0) is 0 Å². The van der Waals surface area contributed by atoms with E-state index in [2.05, 4.69) is 35.2 Å². The first-order chi connectivity index (χ1) is 9.70. The zero-order valence-corrected chi connectivity index (χ0v) is 12.5. The number of anilines is 1. The van der Waals surface area contributed by atoms with Crippen molar-refractivity contribution >= 4 is 5.82 Å². The van der Waals surface area contributed by atoms with Gasteiger partial charge in [0.15, 0.2) is 0 Å². The number of nitrogens with one attached hydrogen (secondary N) is 1. The van der Waals surface area contributed by atoms with E-state index in [-0.39, 0.29) is 0 Å². The topological polar surface area (TPSA) is 54.2 Å². The number of hydrogen-bond acceptors (Lipinski definition) is 4. The highest BCUT2D eigenvalue weighted by Gasteiger charge is 2.41. The van der Waals surface area contributed by atoms with Crippen LogP contribution in [0.15, 0.2) is 18.3 Å². The van der Waals surface area contributed by atoms with Crippen molar-refractivity contribution in [2.24, 2.45) is 5.92 Å². The van der Waals surface area contributed by atoms with Gasteiger partial charge in [0, 0.05) is 29.9 Å². The minimum Gasteiger partial charge on any atom is -0.383 e. The van der Waals surface area contributed by atoms with E-state index in [1.165, 1.54) is 31.2 Å². The fourth-order valence-corrected chi connectivity index (χ4v) is 4.17. The first-order valence-electron chi connectivity index (χ1n) is 7.86. The maximum absolute atomic E-state index is 6.11. The molecule has 110 valence electrons. The minimum absolute atomic E-state index is 0.352. The van der Waals surface area contributed by atoms with Crippen molar-refractivity contribution in [2.45, 2.75) is 50.7 Å². The van der Waals surface area contributed by atoms with Crippen LogP contribution in [0.4, 0.5) is 5.82 Å². The molecule has 0 amide bonds. The molecule has 4 nitrogen and oxygen atoms in total. The van der Waals surface area contributed by atoms with E-state index in [1.54, 1.807) is 6.20 Å². The number of nitrogens with two attached hydrogens (primary N) is 1. The van der Waals surface area contributed by atoms with Gasteiger partial charge < -0.3 is 16.0 Å². The molecular weight excluding hydrogens is 248 g/mol. The number of hydrogen-bond donors (Lipinski definition) is 2. The van der Waals surface area contributed by atoms with E-state index in [1.807, 2.05) is 6.07 Å². The van der Waals surface area contributed by atoms with E-state index in [9.17, 15) is 0 Å². The Labute approximate surface area is 121 Å². The number of fused-ring (bicyclic) bond motifs is 2. The third kappa shape index (κ3) is 2.42. The summed E-state index contributed by atoms with van der Waals surface area (Å²) >= 11 is 0. The zero-order valence-electron chi connectivity index (χ0n) is 12.5. The molecule has 2 fully saturated rings. The van der Waals surface area contributed by atoms with Gasteiger partial charge in [0.05, 0.1) is 0 Å². The van der Waals surface area contributed by atoms with Gasteiger partial charge in [-0.1, -0.05) is 13.0 Å². The van der Waals surface area contributed by atoms with Gasteiger partial charge >= 0.3 is 0 Å². The molecule has 2 saturated heterocycles. The maximum atomic E-state index is 6.11. The van der Waals surface area contributed by atoms with Crippen molar-refractivity contribution in [1.82, 2.24) is 15.2 Å². The van der Waals surface area contributed by atoms with Crippen LogP contribution < -0.4 is 11.1 Å². The summed E-state index contributed by atoms with van der Waals surface area (Å²) in [6, 6.07) is 6.01. The fourth-order valence-electron chi connectivity index (χ4n) is 4.17. The van der Waals surface area contributed by atoms with Gasteiger partial charge in [0.1, 0.15) is 5.82 Å². The molecule has 0 aliphatic carbocycles. The van der Waals surface area contributed by atoms with Crippen molar-refractivity contribution in [3.63, 3.8) is 0 Å². The summed E-state index contributed by atoms with van der Waals surface area (Å²) in [4.78, 5) is 6.86. The predicted octanol–water partition coefficient (Wildman–Crippen LogP) is 2.19. The highest BCUT2D eigenvalue weighted by Crippen LogP contribution is 2.43. The first kappa shape index (κ1) is 13.8. The Morgan fingerprint density at radius 3 is 2.70 bits per heavy atom. The minimum atomic E-state index is 0.352. The molecule has 1 aromatic rings. The molecule has 3 unspecified atom stereocenters. The summed E-state index contributed by atoms with van der Waals surface area (Å²) in [5.41, 5.74) is 7.29. The van der Waals surface area contributed by atoms with Gasteiger partial charge in [-0.3, -0.25) is 0 Å². The summed E-state index contributed by atoms with van der Waals surface area (Å²) in [5.74, 6) is 1.36. The lowest BCUT2D eigenvalue weighted by atomic mass is 9.82. The summed E-state index contributed by atoms with van der Waals surface area (Å²) in [5, 5.41) is 3.65. The molecule has 0 spiro atoms. The Balaban J connectivity index is 1.83. The molecule has 4 heteroatoms. The van der Waals surface area contributed by atoms with Gasteiger partial charge in [0.2, 0.25) is 0 Å². The van der Waals surface area contributed by atoms with Gasteiger partial charge in [-0.2, -0.15) is 0 Å². The Kier molecular flexibility index (Phi) is 3.94. The second-order valence-electron chi connectivity index (χ2n) is 6.30. The number of nitrogen functional groups attached to an aromatic ring is 1. The maximum Gasteiger partial charge on any atom is 0.128 e. The second kappa shape index (κ2) is 5.70. The Bertz CT molecular complexity index is 448. The Morgan fingerprint density at radius 2 is 2.10 bits per heavy atom. The number of pyridine rings is 1. The standard InChI is InChI=1S/C16H26N4/c1-3-18-15(14-5-4-8-19-16(14)17)11-9-12-6-7-13(10-11)20(12)2/h4-5,8,11-13,15,18H,3,6-7,9-10H2,1-2H3,(H2,17,19). The molecule has 3 atom stereocenters.